The summed E-state index contributed by atoms with van der Waals surface area (Å²) >= 11 is 0. The third-order valence-electron chi connectivity index (χ3n) is 4.61. The van der Waals surface area contributed by atoms with E-state index in [-0.39, 0.29) is 23.8 Å². The second-order valence-corrected chi connectivity index (χ2v) is 7.50. The lowest BCUT2D eigenvalue weighted by atomic mass is 9.85. The summed E-state index contributed by atoms with van der Waals surface area (Å²) in [6.45, 7) is 6.32. The van der Waals surface area contributed by atoms with Crippen molar-refractivity contribution in [3.8, 4) is 0 Å². The second-order valence-electron chi connectivity index (χ2n) is 7.50. The number of nitrogens with zero attached hydrogens (tertiary/aromatic N) is 2. The Morgan fingerprint density at radius 2 is 1.96 bits per heavy atom. The van der Waals surface area contributed by atoms with E-state index in [2.05, 4.69) is 4.98 Å². The van der Waals surface area contributed by atoms with Gasteiger partial charge in [0.25, 0.3) is 5.91 Å². The maximum atomic E-state index is 12.5. The minimum Gasteiger partial charge on any atom is -0.460 e. The highest BCUT2D eigenvalue weighted by Crippen LogP contribution is 2.33. The van der Waals surface area contributed by atoms with Crippen LogP contribution in [-0.2, 0) is 16.1 Å². The first-order valence-corrected chi connectivity index (χ1v) is 8.32. The first kappa shape index (κ1) is 16.0. The molecule has 2 aliphatic rings. The fourth-order valence-corrected chi connectivity index (χ4v) is 3.48. The molecule has 0 bridgehead atoms. The lowest BCUT2D eigenvalue weighted by molar-refractivity contribution is -0.161. The molecule has 0 N–H and O–H groups in total. The summed E-state index contributed by atoms with van der Waals surface area (Å²) in [5.74, 6) is -0.0356. The summed E-state index contributed by atoms with van der Waals surface area (Å²) < 4.78 is 5.48. The van der Waals surface area contributed by atoms with Crippen LogP contribution in [0.15, 0.2) is 18.5 Å². The standard InChI is InChI=1S/C18H24N2O3/c1-18(2,3)23-17(22)12-4-6-14(7-5-12)20-11-13-10-19-9-8-15(13)16(20)21/h8-10,12,14H,4-7,11H2,1-3H3. The van der Waals surface area contributed by atoms with Crippen LogP contribution in [0.4, 0.5) is 0 Å². The van der Waals surface area contributed by atoms with Crippen molar-refractivity contribution in [3.63, 3.8) is 0 Å². The van der Waals surface area contributed by atoms with Gasteiger partial charge >= 0.3 is 5.97 Å². The van der Waals surface area contributed by atoms with Gasteiger partial charge in [-0.3, -0.25) is 14.6 Å². The molecule has 0 saturated heterocycles. The highest BCUT2D eigenvalue weighted by Gasteiger charge is 2.37. The predicted molar refractivity (Wildman–Crippen MR) is 85.7 cm³/mol. The number of rotatable bonds is 2. The van der Waals surface area contributed by atoms with Gasteiger partial charge in [-0.25, -0.2) is 0 Å². The molecule has 1 aromatic rings. The molecule has 0 unspecified atom stereocenters. The highest BCUT2D eigenvalue weighted by molar-refractivity contribution is 5.98. The van der Waals surface area contributed by atoms with E-state index in [1.54, 1.807) is 18.5 Å². The molecule has 0 spiro atoms. The van der Waals surface area contributed by atoms with Gasteiger partial charge in [0.05, 0.1) is 5.92 Å². The fraction of sp³-hybridized carbons (Fsp3) is 0.611. The average Bonchev–Trinajstić information content (AvgIpc) is 2.83. The first-order valence-electron chi connectivity index (χ1n) is 8.32. The summed E-state index contributed by atoms with van der Waals surface area (Å²) in [7, 11) is 0. The van der Waals surface area contributed by atoms with Crippen molar-refractivity contribution in [3.05, 3.63) is 29.6 Å². The quantitative estimate of drug-likeness (QED) is 0.787. The monoisotopic (exact) mass is 316 g/mol. The van der Waals surface area contributed by atoms with Gasteiger partial charge in [-0.2, -0.15) is 0 Å². The highest BCUT2D eigenvalue weighted by atomic mass is 16.6. The van der Waals surface area contributed by atoms with Gasteiger partial charge in [0, 0.05) is 36.1 Å². The SMILES string of the molecule is CC(C)(C)OC(=O)C1CCC(N2Cc3cnccc3C2=O)CC1. The summed E-state index contributed by atoms with van der Waals surface area (Å²) in [4.78, 5) is 30.7. The van der Waals surface area contributed by atoms with E-state index in [0.29, 0.717) is 6.54 Å². The third kappa shape index (κ3) is 3.38. The smallest absolute Gasteiger partial charge is 0.309 e. The Balaban J connectivity index is 1.58. The Hall–Kier alpha value is -1.91. The maximum Gasteiger partial charge on any atom is 0.309 e. The number of esters is 1. The molecule has 1 fully saturated rings. The van der Waals surface area contributed by atoms with E-state index in [9.17, 15) is 9.59 Å². The van der Waals surface area contributed by atoms with Crippen LogP contribution in [0.25, 0.3) is 0 Å². The molecule has 5 heteroatoms. The van der Waals surface area contributed by atoms with Crippen LogP contribution in [0, 0.1) is 5.92 Å². The molecule has 3 rings (SSSR count). The molecule has 1 aliphatic heterocycles. The molecule has 23 heavy (non-hydrogen) atoms. The van der Waals surface area contributed by atoms with Gasteiger partial charge in [0.15, 0.2) is 0 Å². The Bertz CT molecular complexity index is 613. The van der Waals surface area contributed by atoms with Crippen LogP contribution < -0.4 is 0 Å². The number of hydrogen-bond donors (Lipinski definition) is 0. The van der Waals surface area contributed by atoms with Crippen LogP contribution >= 0.6 is 0 Å². The topological polar surface area (TPSA) is 59.5 Å². The number of carbonyl (C=O) groups is 2. The van der Waals surface area contributed by atoms with Crippen molar-refractivity contribution in [1.29, 1.82) is 0 Å². The van der Waals surface area contributed by atoms with Gasteiger partial charge in [-0.05, 0) is 52.5 Å². The lowest BCUT2D eigenvalue weighted by Crippen LogP contribution is -2.40. The van der Waals surface area contributed by atoms with Crippen LogP contribution in [0.5, 0.6) is 0 Å². The van der Waals surface area contributed by atoms with Crippen LogP contribution in [0.2, 0.25) is 0 Å². The van der Waals surface area contributed by atoms with Crippen LogP contribution in [-0.4, -0.2) is 33.4 Å². The normalized spacial score (nSPS) is 24.5. The molecular formula is C18H24N2O3. The number of ether oxygens (including phenoxy) is 1. The van der Waals surface area contributed by atoms with E-state index in [1.165, 1.54) is 0 Å². The van der Waals surface area contributed by atoms with E-state index in [0.717, 1.165) is 36.8 Å². The predicted octanol–water partition coefficient (Wildman–Crippen LogP) is 2.94. The number of carbonyl (C=O) groups excluding carboxylic acids is 2. The average molecular weight is 316 g/mol. The van der Waals surface area contributed by atoms with Crippen molar-refractivity contribution in [2.75, 3.05) is 0 Å². The molecule has 2 heterocycles. The largest absolute Gasteiger partial charge is 0.460 e. The van der Waals surface area contributed by atoms with Gasteiger partial charge < -0.3 is 9.64 Å². The van der Waals surface area contributed by atoms with Gasteiger partial charge in [0.2, 0.25) is 0 Å². The number of pyridine rings is 1. The van der Waals surface area contributed by atoms with E-state index < -0.39 is 5.60 Å². The Morgan fingerprint density at radius 1 is 1.26 bits per heavy atom. The van der Waals surface area contributed by atoms with Crippen LogP contribution in [0.3, 0.4) is 0 Å². The zero-order valence-corrected chi connectivity index (χ0v) is 14.0. The molecule has 0 radical (unpaired) electrons. The van der Waals surface area contributed by atoms with Gasteiger partial charge in [-0.15, -0.1) is 0 Å². The van der Waals surface area contributed by atoms with E-state index >= 15 is 0 Å². The minimum atomic E-state index is -0.437. The van der Waals surface area contributed by atoms with Crippen molar-refractivity contribution < 1.29 is 14.3 Å². The number of hydrogen-bond acceptors (Lipinski definition) is 4. The summed E-state index contributed by atoms with van der Waals surface area (Å²) in [5, 5.41) is 0. The van der Waals surface area contributed by atoms with Crippen molar-refractivity contribution in [1.82, 2.24) is 9.88 Å². The summed E-state index contributed by atoms with van der Waals surface area (Å²) in [6, 6.07) is 2.01. The third-order valence-corrected chi connectivity index (χ3v) is 4.61. The Morgan fingerprint density at radius 3 is 2.57 bits per heavy atom. The maximum absolute atomic E-state index is 12.5. The molecule has 1 aliphatic carbocycles. The summed E-state index contributed by atoms with van der Waals surface area (Å²) in [6.07, 6.45) is 6.74. The molecular weight excluding hydrogens is 292 g/mol. The lowest BCUT2D eigenvalue weighted by Gasteiger charge is -2.34. The molecule has 124 valence electrons. The number of aromatic nitrogens is 1. The number of amides is 1. The van der Waals surface area contributed by atoms with Gasteiger partial charge in [-0.1, -0.05) is 0 Å². The van der Waals surface area contributed by atoms with Crippen LogP contribution in [0.1, 0.15) is 62.4 Å². The fourth-order valence-electron chi connectivity index (χ4n) is 3.48. The molecule has 1 saturated carbocycles. The van der Waals surface area contributed by atoms with Crippen molar-refractivity contribution >= 4 is 11.9 Å². The first-order chi connectivity index (χ1) is 10.8. The van der Waals surface area contributed by atoms with Crippen molar-refractivity contribution in [2.45, 2.75) is 64.6 Å². The summed E-state index contributed by atoms with van der Waals surface area (Å²) in [5.41, 5.74) is 1.34. The molecule has 0 aromatic carbocycles. The van der Waals surface area contributed by atoms with E-state index in [4.69, 9.17) is 4.74 Å². The molecule has 0 atom stereocenters. The van der Waals surface area contributed by atoms with Gasteiger partial charge in [0.1, 0.15) is 5.60 Å². The Labute approximate surface area is 137 Å². The molecule has 5 nitrogen and oxygen atoms in total. The van der Waals surface area contributed by atoms with Crippen molar-refractivity contribution in [2.24, 2.45) is 5.92 Å². The number of fused-ring (bicyclic) bond motifs is 1. The zero-order valence-electron chi connectivity index (χ0n) is 14.0. The van der Waals surface area contributed by atoms with E-state index in [1.807, 2.05) is 25.7 Å². The molecule has 1 amide bonds. The molecule has 1 aromatic heterocycles. The zero-order chi connectivity index (χ0) is 16.6. The second kappa shape index (κ2) is 5.95. The minimum absolute atomic E-state index is 0.0350. The Kier molecular flexibility index (Phi) is 4.13.